The van der Waals surface area contributed by atoms with Crippen molar-refractivity contribution in [2.24, 2.45) is 0 Å². The first kappa shape index (κ1) is 13.0. The third-order valence-electron chi connectivity index (χ3n) is 2.41. The average Bonchev–Trinajstić information content (AvgIpc) is 2.28. The van der Waals surface area contributed by atoms with E-state index in [1.54, 1.807) is 24.3 Å². The highest BCUT2D eigenvalue weighted by molar-refractivity contribution is 6.06. The maximum Gasteiger partial charge on any atom is 0.339 e. The zero-order chi connectivity index (χ0) is 11.7. The van der Waals surface area contributed by atoms with Crippen LogP contribution in [0.5, 0.6) is 5.75 Å². The van der Waals surface area contributed by atoms with Crippen LogP contribution in [0.15, 0.2) is 30.3 Å². The van der Waals surface area contributed by atoms with Crippen molar-refractivity contribution in [1.82, 2.24) is 0 Å². The van der Waals surface area contributed by atoms with E-state index in [0.717, 1.165) is 0 Å². The van der Waals surface area contributed by atoms with Gasteiger partial charge in [0.05, 0.1) is 5.56 Å². The SMILES string of the molecule is Cl.O=Cc1c(O)c(C(=O)O)cc2ccccc12. The van der Waals surface area contributed by atoms with Gasteiger partial charge >= 0.3 is 5.97 Å². The Morgan fingerprint density at radius 2 is 1.88 bits per heavy atom. The van der Waals surface area contributed by atoms with Gasteiger partial charge in [-0.2, -0.15) is 0 Å². The highest BCUT2D eigenvalue weighted by Gasteiger charge is 2.16. The fourth-order valence-corrected chi connectivity index (χ4v) is 1.65. The molecule has 5 heteroatoms. The lowest BCUT2D eigenvalue weighted by molar-refractivity contribution is 0.0694. The predicted molar refractivity (Wildman–Crippen MR) is 65.2 cm³/mol. The first-order valence-electron chi connectivity index (χ1n) is 4.58. The monoisotopic (exact) mass is 252 g/mol. The Labute approximate surface area is 103 Å². The second-order valence-electron chi connectivity index (χ2n) is 3.33. The van der Waals surface area contributed by atoms with Crippen LogP contribution in [0.2, 0.25) is 0 Å². The number of aldehydes is 1. The van der Waals surface area contributed by atoms with Crippen molar-refractivity contribution in [2.75, 3.05) is 0 Å². The van der Waals surface area contributed by atoms with Gasteiger partial charge in [0.1, 0.15) is 11.3 Å². The molecule has 0 bridgehead atoms. The molecule has 2 rings (SSSR count). The number of carbonyl (C=O) groups excluding carboxylic acids is 1. The minimum Gasteiger partial charge on any atom is -0.506 e. The maximum absolute atomic E-state index is 10.9. The Kier molecular flexibility index (Phi) is 3.70. The van der Waals surface area contributed by atoms with Crippen molar-refractivity contribution in [2.45, 2.75) is 0 Å². The second kappa shape index (κ2) is 4.84. The number of carboxylic acids is 1. The van der Waals surface area contributed by atoms with Crippen LogP contribution in [0.25, 0.3) is 10.8 Å². The van der Waals surface area contributed by atoms with E-state index in [-0.39, 0.29) is 23.5 Å². The molecule has 0 aliphatic heterocycles. The van der Waals surface area contributed by atoms with Crippen LogP contribution in [0, 0.1) is 0 Å². The summed E-state index contributed by atoms with van der Waals surface area (Å²) in [6.07, 6.45) is 0.462. The number of carbonyl (C=O) groups is 2. The summed E-state index contributed by atoms with van der Waals surface area (Å²) in [6, 6.07) is 8.15. The summed E-state index contributed by atoms with van der Waals surface area (Å²) in [7, 11) is 0. The van der Waals surface area contributed by atoms with Crippen LogP contribution in [-0.4, -0.2) is 22.5 Å². The van der Waals surface area contributed by atoms with Gasteiger partial charge in [-0.05, 0) is 16.8 Å². The molecule has 17 heavy (non-hydrogen) atoms. The van der Waals surface area contributed by atoms with E-state index in [4.69, 9.17) is 5.11 Å². The summed E-state index contributed by atoms with van der Waals surface area (Å²) in [6.45, 7) is 0. The molecular weight excluding hydrogens is 244 g/mol. The van der Waals surface area contributed by atoms with Gasteiger partial charge in [0.2, 0.25) is 0 Å². The molecule has 88 valence electrons. The maximum atomic E-state index is 10.9. The first-order valence-corrected chi connectivity index (χ1v) is 4.58. The van der Waals surface area contributed by atoms with Crippen molar-refractivity contribution >= 4 is 35.4 Å². The van der Waals surface area contributed by atoms with Gasteiger partial charge in [0, 0.05) is 0 Å². The molecule has 0 fully saturated rings. The molecule has 2 aromatic rings. The number of rotatable bonds is 2. The fourth-order valence-electron chi connectivity index (χ4n) is 1.65. The topological polar surface area (TPSA) is 74.6 Å². The van der Waals surface area contributed by atoms with E-state index < -0.39 is 11.7 Å². The number of phenols is 1. The summed E-state index contributed by atoms with van der Waals surface area (Å²) in [4.78, 5) is 21.7. The Bertz CT molecular complexity index is 592. The highest BCUT2D eigenvalue weighted by atomic mass is 35.5. The van der Waals surface area contributed by atoms with E-state index in [0.29, 0.717) is 17.1 Å². The molecule has 2 aromatic carbocycles. The average molecular weight is 253 g/mol. The number of carboxylic acid groups (broad SMARTS) is 1. The van der Waals surface area contributed by atoms with Crippen LogP contribution < -0.4 is 0 Å². The quantitative estimate of drug-likeness (QED) is 0.805. The Morgan fingerprint density at radius 3 is 2.47 bits per heavy atom. The molecule has 0 atom stereocenters. The number of halogens is 1. The van der Waals surface area contributed by atoms with Crippen molar-refractivity contribution in [3.63, 3.8) is 0 Å². The number of benzene rings is 2. The lowest BCUT2D eigenvalue weighted by Gasteiger charge is -2.06. The van der Waals surface area contributed by atoms with Crippen molar-refractivity contribution in [3.05, 3.63) is 41.5 Å². The zero-order valence-corrected chi connectivity index (χ0v) is 9.40. The summed E-state index contributed by atoms with van der Waals surface area (Å²) in [5.41, 5.74) is -0.253. The minimum atomic E-state index is -1.26. The largest absolute Gasteiger partial charge is 0.506 e. The van der Waals surface area contributed by atoms with E-state index in [2.05, 4.69) is 0 Å². The summed E-state index contributed by atoms with van der Waals surface area (Å²) in [5, 5.41) is 19.7. The molecule has 0 aromatic heterocycles. The molecule has 0 aliphatic carbocycles. The number of aromatic carboxylic acids is 1. The first-order chi connectivity index (χ1) is 7.65. The van der Waals surface area contributed by atoms with Crippen LogP contribution in [0.1, 0.15) is 20.7 Å². The third kappa shape index (κ3) is 2.07. The molecule has 0 saturated heterocycles. The molecule has 0 aliphatic rings. The highest BCUT2D eigenvalue weighted by Crippen LogP contribution is 2.29. The van der Waals surface area contributed by atoms with E-state index in [1.807, 2.05) is 0 Å². The van der Waals surface area contributed by atoms with Gasteiger partial charge in [-0.25, -0.2) is 4.79 Å². The van der Waals surface area contributed by atoms with Gasteiger partial charge in [-0.1, -0.05) is 24.3 Å². The zero-order valence-electron chi connectivity index (χ0n) is 8.58. The van der Waals surface area contributed by atoms with E-state index in [1.165, 1.54) is 6.07 Å². The molecule has 4 nitrogen and oxygen atoms in total. The van der Waals surface area contributed by atoms with E-state index >= 15 is 0 Å². The number of hydrogen-bond donors (Lipinski definition) is 2. The molecule has 0 radical (unpaired) electrons. The van der Waals surface area contributed by atoms with Gasteiger partial charge in [0.15, 0.2) is 6.29 Å². The summed E-state index contributed by atoms with van der Waals surface area (Å²) in [5.74, 6) is -1.74. The molecule has 0 heterocycles. The Balaban J connectivity index is 0.00000144. The molecular formula is C12H9ClO4. The lowest BCUT2D eigenvalue weighted by atomic mass is 10.00. The Morgan fingerprint density at radius 1 is 1.24 bits per heavy atom. The second-order valence-corrected chi connectivity index (χ2v) is 3.33. The molecule has 0 amide bonds. The standard InChI is InChI=1S/C12H8O4.ClH/c13-6-10-8-4-2-1-3-7(8)5-9(11(10)14)12(15)16;/h1-6,14H,(H,15,16);1H. The van der Waals surface area contributed by atoms with Gasteiger partial charge < -0.3 is 10.2 Å². The van der Waals surface area contributed by atoms with Crippen molar-refractivity contribution < 1.29 is 19.8 Å². The van der Waals surface area contributed by atoms with E-state index in [9.17, 15) is 14.7 Å². The molecule has 0 spiro atoms. The number of hydrogen-bond acceptors (Lipinski definition) is 3. The molecule has 0 unspecified atom stereocenters. The summed E-state index contributed by atoms with van der Waals surface area (Å²) >= 11 is 0. The molecule has 2 N–H and O–H groups in total. The third-order valence-corrected chi connectivity index (χ3v) is 2.41. The number of fused-ring (bicyclic) bond motifs is 1. The van der Waals surface area contributed by atoms with Crippen molar-refractivity contribution in [3.8, 4) is 5.75 Å². The van der Waals surface area contributed by atoms with Gasteiger partial charge in [-0.15, -0.1) is 12.4 Å². The number of aromatic hydroxyl groups is 1. The fraction of sp³-hybridized carbons (Fsp3) is 0. The van der Waals surface area contributed by atoms with Gasteiger partial charge in [-0.3, -0.25) is 4.79 Å². The predicted octanol–water partition coefficient (Wildman–Crippen LogP) is 2.48. The van der Waals surface area contributed by atoms with Crippen LogP contribution in [0.4, 0.5) is 0 Å². The lowest BCUT2D eigenvalue weighted by Crippen LogP contribution is -1.99. The van der Waals surface area contributed by atoms with Crippen LogP contribution >= 0.6 is 12.4 Å². The minimum absolute atomic E-state index is 0. The van der Waals surface area contributed by atoms with Gasteiger partial charge in [0.25, 0.3) is 0 Å². The van der Waals surface area contributed by atoms with Crippen molar-refractivity contribution in [1.29, 1.82) is 0 Å². The molecule has 0 saturated carbocycles. The Hall–Kier alpha value is -2.07. The summed E-state index contributed by atoms with van der Waals surface area (Å²) < 4.78 is 0. The normalized spacial score (nSPS) is 9.65. The van der Waals surface area contributed by atoms with Crippen LogP contribution in [0.3, 0.4) is 0 Å². The van der Waals surface area contributed by atoms with Crippen LogP contribution in [-0.2, 0) is 0 Å². The smallest absolute Gasteiger partial charge is 0.339 e.